The smallest absolute Gasteiger partial charge is 0.0236 e. The van der Waals surface area contributed by atoms with Crippen molar-refractivity contribution in [2.75, 3.05) is 0 Å². The van der Waals surface area contributed by atoms with Crippen molar-refractivity contribution in [1.29, 1.82) is 0 Å². The monoisotopic (exact) mass is 210 g/mol. The van der Waals surface area contributed by atoms with Gasteiger partial charge in [-0.05, 0) is 29.6 Å². The number of aryl methyl sites for hydroxylation is 1. The summed E-state index contributed by atoms with van der Waals surface area (Å²) in [7, 11) is 0. The summed E-state index contributed by atoms with van der Waals surface area (Å²) >= 11 is 0. The van der Waals surface area contributed by atoms with Gasteiger partial charge in [0.2, 0.25) is 0 Å². The van der Waals surface area contributed by atoms with Gasteiger partial charge in [0.05, 0.1) is 0 Å². The van der Waals surface area contributed by atoms with Gasteiger partial charge in [0.15, 0.2) is 0 Å². The van der Waals surface area contributed by atoms with E-state index < -0.39 is 0 Å². The highest BCUT2D eigenvalue weighted by Crippen LogP contribution is 2.12. The van der Waals surface area contributed by atoms with Gasteiger partial charge in [0.1, 0.15) is 0 Å². The van der Waals surface area contributed by atoms with Crippen LogP contribution >= 0.6 is 0 Å². The molecule has 0 N–H and O–H groups in total. The van der Waals surface area contributed by atoms with Crippen molar-refractivity contribution >= 4 is 0 Å². The molecule has 0 aliphatic rings. The Hall–Kier alpha value is -1.82. The van der Waals surface area contributed by atoms with E-state index in [-0.39, 0.29) is 0 Å². The van der Waals surface area contributed by atoms with E-state index >= 15 is 0 Å². The molecule has 0 amide bonds. The van der Waals surface area contributed by atoms with Gasteiger partial charge in [-0.1, -0.05) is 68.3 Å². The molecule has 0 spiro atoms. The molecule has 0 aliphatic heterocycles. The summed E-state index contributed by atoms with van der Waals surface area (Å²) in [6, 6.07) is 10.5. The van der Waals surface area contributed by atoms with Crippen molar-refractivity contribution in [1.82, 2.24) is 0 Å². The molecular weight excluding hydrogens is 192 g/mol. The lowest BCUT2D eigenvalue weighted by Crippen LogP contribution is -1.85. The van der Waals surface area contributed by atoms with Crippen LogP contribution in [0.2, 0.25) is 0 Å². The Bertz CT molecular complexity index is 393. The van der Waals surface area contributed by atoms with E-state index in [4.69, 9.17) is 0 Å². The summed E-state index contributed by atoms with van der Waals surface area (Å²) in [5, 5.41) is 0. The second kappa shape index (κ2) is 6.62. The van der Waals surface area contributed by atoms with E-state index in [0.29, 0.717) is 0 Å². The zero-order valence-electron chi connectivity index (χ0n) is 9.65. The predicted molar refractivity (Wildman–Crippen MR) is 72.4 cm³/mol. The second-order valence-corrected chi connectivity index (χ2v) is 3.62. The van der Waals surface area contributed by atoms with Crippen molar-refractivity contribution < 1.29 is 0 Å². The zero-order valence-corrected chi connectivity index (χ0v) is 9.65. The summed E-state index contributed by atoms with van der Waals surface area (Å²) in [5.74, 6) is 0. The fourth-order valence-corrected chi connectivity index (χ4v) is 1.50. The molecule has 0 bridgehead atoms. The molecule has 1 aromatic carbocycles. The summed E-state index contributed by atoms with van der Waals surface area (Å²) in [4.78, 5) is 0. The molecule has 0 radical (unpaired) electrons. The number of allylic oxidation sites excluding steroid dienone is 5. The van der Waals surface area contributed by atoms with Crippen LogP contribution in [0.15, 0.2) is 79.4 Å². The minimum absolute atomic E-state index is 0.933. The van der Waals surface area contributed by atoms with E-state index in [1.807, 2.05) is 12.1 Å². The Morgan fingerprint density at radius 1 is 1.06 bits per heavy atom. The SMILES string of the molecule is C=CC(=C)/C(C=C)=C\CCc1ccccc1. The van der Waals surface area contributed by atoms with Gasteiger partial charge < -0.3 is 0 Å². The van der Waals surface area contributed by atoms with E-state index in [0.717, 1.165) is 24.0 Å². The van der Waals surface area contributed by atoms with Crippen LogP contribution in [0.1, 0.15) is 12.0 Å². The van der Waals surface area contributed by atoms with Crippen molar-refractivity contribution in [2.45, 2.75) is 12.8 Å². The van der Waals surface area contributed by atoms with Crippen molar-refractivity contribution in [2.24, 2.45) is 0 Å². The molecule has 0 unspecified atom stereocenters. The minimum atomic E-state index is 0.933. The van der Waals surface area contributed by atoms with Gasteiger partial charge in [-0.25, -0.2) is 0 Å². The van der Waals surface area contributed by atoms with Crippen molar-refractivity contribution in [3.8, 4) is 0 Å². The normalized spacial score (nSPS) is 10.9. The predicted octanol–water partition coefficient (Wildman–Crippen LogP) is 4.47. The third kappa shape index (κ3) is 3.74. The summed E-state index contributed by atoms with van der Waals surface area (Å²) in [6.45, 7) is 11.4. The molecule has 0 heterocycles. The number of hydrogen-bond donors (Lipinski definition) is 0. The maximum atomic E-state index is 3.91. The van der Waals surface area contributed by atoms with Crippen LogP contribution < -0.4 is 0 Å². The maximum absolute atomic E-state index is 3.91. The first kappa shape index (κ1) is 12.3. The molecular formula is C16H18. The standard InChI is InChI=1S/C16H18/c1-4-14(3)16(5-2)13-9-12-15-10-7-6-8-11-15/h4-8,10-11,13H,1-3,9,12H2/b16-13-. The second-order valence-electron chi connectivity index (χ2n) is 3.62. The molecule has 0 atom stereocenters. The average Bonchev–Trinajstić information content (AvgIpc) is 2.35. The molecule has 0 saturated carbocycles. The fourth-order valence-electron chi connectivity index (χ4n) is 1.50. The van der Waals surface area contributed by atoms with E-state index in [2.05, 4.69) is 50.1 Å². The third-order valence-corrected chi connectivity index (χ3v) is 2.48. The van der Waals surface area contributed by atoms with Gasteiger partial charge in [0.25, 0.3) is 0 Å². The van der Waals surface area contributed by atoms with E-state index in [9.17, 15) is 0 Å². The van der Waals surface area contributed by atoms with Crippen LogP contribution in [0.4, 0.5) is 0 Å². The molecule has 1 aromatic rings. The maximum Gasteiger partial charge on any atom is -0.0236 e. The van der Waals surface area contributed by atoms with Crippen molar-refractivity contribution in [3.05, 3.63) is 85.0 Å². The number of rotatable bonds is 6. The summed E-state index contributed by atoms with van der Waals surface area (Å²) in [5.41, 5.74) is 3.36. The van der Waals surface area contributed by atoms with Gasteiger partial charge in [-0.2, -0.15) is 0 Å². The lowest BCUT2D eigenvalue weighted by molar-refractivity contribution is 0.996. The van der Waals surface area contributed by atoms with Gasteiger partial charge in [-0.15, -0.1) is 0 Å². The fraction of sp³-hybridized carbons (Fsp3) is 0.125. The molecule has 0 saturated heterocycles. The molecule has 0 nitrogen and oxygen atoms in total. The first-order valence-electron chi connectivity index (χ1n) is 5.46. The van der Waals surface area contributed by atoms with Crippen LogP contribution in [0.3, 0.4) is 0 Å². The minimum Gasteiger partial charge on any atom is -0.0985 e. The Morgan fingerprint density at radius 2 is 1.75 bits per heavy atom. The Balaban J connectivity index is 2.56. The van der Waals surface area contributed by atoms with Gasteiger partial charge in [0, 0.05) is 0 Å². The van der Waals surface area contributed by atoms with Crippen LogP contribution in [0, 0.1) is 0 Å². The van der Waals surface area contributed by atoms with Gasteiger partial charge in [-0.3, -0.25) is 0 Å². The van der Waals surface area contributed by atoms with E-state index in [1.54, 1.807) is 6.08 Å². The number of hydrogen-bond acceptors (Lipinski definition) is 0. The molecule has 0 aliphatic carbocycles. The Labute approximate surface area is 98.3 Å². The lowest BCUT2D eigenvalue weighted by Gasteiger charge is -2.02. The van der Waals surface area contributed by atoms with Crippen molar-refractivity contribution in [3.63, 3.8) is 0 Å². The molecule has 1 rings (SSSR count). The topological polar surface area (TPSA) is 0 Å². The quantitative estimate of drug-likeness (QED) is 0.607. The third-order valence-electron chi connectivity index (χ3n) is 2.48. The zero-order chi connectivity index (χ0) is 11.8. The van der Waals surface area contributed by atoms with Crippen LogP contribution in [0.25, 0.3) is 0 Å². The Kier molecular flexibility index (Phi) is 5.07. The molecule has 16 heavy (non-hydrogen) atoms. The first-order valence-corrected chi connectivity index (χ1v) is 5.46. The van der Waals surface area contributed by atoms with Crippen LogP contribution in [-0.4, -0.2) is 0 Å². The summed E-state index contributed by atoms with van der Waals surface area (Å²) < 4.78 is 0. The van der Waals surface area contributed by atoms with Gasteiger partial charge >= 0.3 is 0 Å². The average molecular weight is 210 g/mol. The highest BCUT2D eigenvalue weighted by Gasteiger charge is 1.94. The van der Waals surface area contributed by atoms with E-state index in [1.165, 1.54) is 5.56 Å². The van der Waals surface area contributed by atoms with Crippen LogP contribution in [-0.2, 0) is 6.42 Å². The molecule has 82 valence electrons. The Morgan fingerprint density at radius 3 is 2.31 bits per heavy atom. The highest BCUT2D eigenvalue weighted by atomic mass is 14.0. The van der Waals surface area contributed by atoms with Crippen LogP contribution in [0.5, 0.6) is 0 Å². The largest absolute Gasteiger partial charge is 0.0985 e. The highest BCUT2D eigenvalue weighted by molar-refractivity contribution is 5.42. The lowest BCUT2D eigenvalue weighted by atomic mass is 10.0. The number of benzene rings is 1. The molecule has 0 fully saturated rings. The first-order chi connectivity index (χ1) is 7.77. The molecule has 0 heteroatoms. The molecule has 0 aromatic heterocycles. The summed E-state index contributed by atoms with van der Waals surface area (Å²) in [6.07, 6.45) is 7.79.